The molecule has 2 unspecified atom stereocenters. The maximum absolute atomic E-state index is 6.02. The quantitative estimate of drug-likeness (QED) is 0.836. The number of rotatable bonds is 4. The molecule has 0 amide bonds. The minimum absolute atomic E-state index is 0.428. The van der Waals surface area contributed by atoms with E-state index in [-0.39, 0.29) is 0 Å². The number of para-hydroxylation sites is 1. The molecule has 0 saturated heterocycles. The molecule has 94 valence electrons. The van der Waals surface area contributed by atoms with Crippen LogP contribution in [-0.2, 0) is 6.42 Å². The first-order chi connectivity index (χ1) is 8.29. The molecule has 2 nitrogen and oxygen atoms in total. The number of nitrogens with two attached hydrogens (primary N) is 1. The summed E-state index contributed by atoms with van der Waals surface area (Å²) < 4.78 is 0. The van der Waals surface area contributed by atoms with Crippen molar-refractivity contribution in [2.45, 2.75) is 45.1 Å². The Morgan fingerprint density at radius 3 is 2.88 bits per heavy atom. The van der Waals surface area contributed by atoms with Gasteiger partial charge in [0.15, 0.2) is 0 Å². The van der Waals surface area contributed by atoms with Crippen molar-refractivity contribution in [3.63, 3.8) is 0 Å². The van der Waals surface area contributed by atoms with Crippen molar-refractivity contribution in [1.29, 1.82) is 0 Å². The molecule has 0 aromatic heterocycles. The summed E-state index contributed by atoms with van der Waals surface area (Å²) in [7, 11) is 0. The van der Waals surface area contributed by atoms with Gasteiger partial charge in [-0.1, -0.05) is 31.5 Å². The van der Waals surface area contributed by atoms with Gasteiger partial charge >= 0.3 is 0 Å². The fourth-order valence-corrected chi connectivity index (χ4v) is 2.77. The fourth-order valence-electron chi connectivity index (χ4n) is 2.77. The highest BCUT2D eigenvalue weighted by Crippen LogP contribution is 2.24. The van der Waals surface area contributed by atoms with Crippen molar-refractivity contribution in [2.24, 2.45) is 11.7 Å². The molecular weight excluding hydrogens is 208 g/mol. The lowest BCUT2D eigenvalue weighted by Gasteiger charge is -2.27. The van der Waals surface area contributed by atoms with Crippen LogP contribution in [0.5, 0.6) is 0 Å². The number of hydrogen-bond acceptors (Lipinski definition) is 2. The number of nitrogens with one attached hydrogen (secondary N) is 1. The molecule has 1 aromatic rings. The van der Waals surface area contributed by atoms with E-state index in [1.807, 2.05) is 0 Å². The van der Waals surface area contributed by atoms with Crippen LogP contribution in [0.15, 0.2) is 24.3 Å². The van der Waals surface area contributed by atoms with Crippen molar-refractivity contribution >= 4 is 5.69 Å². The van der Waals surface area contributed by atoms with Gasteiger partial charge in [-0.25, -0.2) is 0 Å². The van der Waals surface area contributed by atoms with Gasteiger partial charge in [-0.05, 0) is 43.2 Å². The maximum Gasteiger partial charge on any atom is 0.0372 e. The zero-order chi connectivity index (χ0) is 12.1. The van der Waals surface area contributed by atoms with Crippen molar-refractivity contribution in [2.75, 3.05) is 11.9 Å². The van der Waals surface area contributed by atoms with E-state index < -0.39 is 0 Å². The monoisotopic (exact) mass is 232 g/mol. The van der Waals surface area contributed by atoms with Crippen LogP contribution in [0, 0.1) is 5.92 Å². The van der Waals surface area contributed by atoms with E-state index in [9.17, 15) is 0 Å². The average Bonchev–Trinajstić information content (AvgIpc) is 2.37. The molecule has 0 heterocycles. The Balaban J connectivity index is 1.88. The summed E-state index contributed by atoms with van der Waals surface area (Å²) in [4.78, 5) is 0. The molecular formula is C15H24N2. The number of anilines is 1. The Labute approximate surface area is 105 Å². The molecule has 2 heteroatoms. The van der Waals surface area contributed by atoms with E-state index in [0.29, 0.717) is 6.04 Å². The molecule has 3 N–H and O–H groups in total. The minimum Gasteiger partial charge on any atom is -0.385 e. The first kappa shape index (κ1) is 12.4. The Hall–Kier alpha value is -1.02. The third-order valence-corrected chi connectivity index (χ3v) is 3.80. The molecule has 2 atom stereocenters. The molecule has 0 aliphatic heterocycles. The van der Waals surface area contributed by atoms with Gasteiger partial charge in [0.1, 0.15) is 0 Å². The van der Waals surface area contributed by atoms with Crippen LogP contribution in [0.2, 0.25) is 0 Å². The van der Waals surface area contributed by atoms with Crippen LogP contribution < -0.4 is 11.1 Å². The topological polar surface area (TPSA) is 38.0 Å². The fraction of sp³-hybridized carbons (Fsp3) is 0.600. The zero-order valence-electron chi connectivity index (χ0n) is 10.8. The normalized spacial score (nSPS) is 24.6. The second-order valence-corrected chi connectivity index (χ2v) is 5.18. The van der Waals surface area contributed by atoms with Gasteiger partial charge in [0.2, 0.25) is 0 Å². The van der Waals surface area contributed by atoms with E-state index in [1.165, 1.54) is 36.9 Å². The summed E-state index contributed by atoms with van der Waals surface area (Å²) in [6.45, 7) is 3.28. The zero-order valence-corrected chi connectivity index (χ0v) is 10.8. The first-order valence-corrected chi connectivity index (χ1v) is 6.87. The predicted molar refractivity (Wildman–Crippen MR) is 74.2 cm³/mol. The second kappa shape index (κ2) is 6.06. The van der Waals surface area contributed by atoms with Crippen molar-refractivity contribution in [3.8, 4) is 0 Å². The van der Waals surface area contributed by atoms with Gasteiger partial charge in [-0.2, -0.15) is 0 Å². The highest BCUT2D eigenvalue weighted by Gasteiger charge is 2.18. The van der Waals surface area contributed by atoms with E-state index >= 15 is 0 Å². The van der Waals surface area contributed by atoms with Crippen LogP contribution in [0.1, 0.15) is 38.2 Å². The highest BCUT2D eigenvalue weighted by atomic mass is 14.9. The Bertz CT molecular complexity index is 349. The summed E-state index contributed by atoms with van der Waals surface area (Å²) in [5.74, 6) is 0.753. The van der Waals surface area contributed by atoms with Crippen LogP contribution in [0.25, 0.3) is 0 Å². The van der Waals surface area contributed by atoms with Gasteiger partial charge in [-0.3, -0.25) is 0 Å². The number of benzene rings is 1. The van der Waals surface area contributed by atoms with Gasteiger partial charge < -0.3 is 11.1 Å². The lowest BCUT2D eigenvalue weighted by molar-refractivity contribution is 0.335. The van der Waals surface area contributed by atoms with Crippen molar-refractivity contribution in [3.05, 3.63) is 29.8 Å². The van der Waals surface area contributed by atoms with E-state index in [1.54, 1.807) is 0 Å². The smallest absolute Gasteiger partial charge is 0.0372 e. The molecule has 2 rings (SSSR count). The lowest BCUT2D eigenvalue weighted by atomic mass is 9.86. The highest BCUT2D eigenvalue weighted by molar-refractivity contribution is 5.51. The van der Waals surface area contributed by atoms with E-state index in [4.69, 9.17) is 5.73 Å². The minimum atomic E-state index is 0.428. The number of hydrogen-bond donors (Lipinski definition) is 2. The summed E-state index contributed by atoms with van der Waals surface area (Å²) in [6, 6.07) is 9.03. The van der Waals surface area contributed by atoms with Crippen LogP contribution >= 0.6 is 0 Å². The van der Waals surface area contributed by atoms with Crippen molar-refractivity contribution < 1.29 is 0 Å². The van der Waals surface area contributed by atoms with Gasteiger partial charge in [0, 0.05) is 18.3 Å². The Kier molecular flexibility index (Phi) is 4.43. The van der Waals surface area contributed by atoms with Crippen LogP contribution in [0.3, 0.4) is 0 Å². The van der Waals surface area contributed by atoms with Gasteiger partial charge in [0.05, 0.1) is 0 Å². The Morgan fingerprint density at radius 2 is 2.12 bits per heavy atom. The SMILES string of the molecule is CCc1ccccc1NCC1CCCC(N)C1. The molecule has 1 aliphatic carbocycles. The summed E-state index contributed by atoms with van der Waals surface area (Å²) >= 11 is 0. The van der Waals surface area contributed by atoms with Crippen molar-refractivity contribution in [1.82, 2.24) is 0 Å². The maximum atomic E-state index is 6.02. The molecule has 1 aromatic carbocycles. The lowest BCUT2D eigenvalue weighted by Crippen LogP contribution is -2.31. The summed E-state index contributed by atoms with van der Waals surface area (Å²) in [5.41, 5.74) is 8.73. The molecule has 1 fully saturated rings. The van der Waals surface area contributed by atoms with E-state index in [0.717, 1.165) is 18.9 Å². The average molecular weight is 232 g/mol. The van der Waals surface area contributed by atoms with Crippen LogP contribution in [-0.4, -0.2) is 12.6 Å². The van der Waals surface area contributed by atoms with Gasteiger partial charge in [-0.15, -0.1) is 0 Å². The van der Waals surface area contributed by atoms with Gasteiger partial charge in [0.25, 0.3) is 0 Å². The Morgan fingerprint density at radius 1 is 1.29 bits per heavy atom. The molecule has 1 saturated carbocycles. The van der Waals surface area contributed by atoms with Crippen LogP contribution in [0.4, 0.5) is 5.69 Å². The largest absolute Gasteiger partial charge is 0.385 e. The standard InChI is InChI=1S/C15H24N2/c1-2-13-7-3-4-9-15(13)17-11-12-6-5-8-14(16)10-12/h3-4,7,9,12,14,17H,2,5-6,8,10-11,16H2,1H3. The summed E-state index contributed by atoms with van der Waals surface area (Å²) in [5, 5.41) is 3.60. The molecule has 0 spiro atoms. The third-order valence-electron chi connectivity index (χ3n) is 3.80. The predicted octanol–water partition coefficient (Wildman–Crippen LogP) is 3.18. The first-order valence-electron chi connectivity index (χ1n) is 6.87. The molecule has 0 bridgehead atoms. The van der Waals surface area contributed by atoms with E-state index in [2.05, 4.69) is 36.5 Å². The third kappa shape index (κ3) is 3.47. The molecule has 1 aliphatic rings. The molecule has 0 radical (unpaired) electrons. The molecule has 17 heavy (non-hydrogen) atoms. The number of aryl methyl sites for hydroxylation is 1. The second-order valence-electron chi connectivity index (χ2n) is 5.18. The summed E-state index contributed by atoms with van der Waals surface area (Å²) in [6.07, 6.45) is 6.11.